The molecule has 0 saturated heterocycles. The van der Waals surface area contributed by atoms with Crippen molar-refractivity contribution in [3.05, 3.63) is 48.8 Å². The maximum atomic E-state index is 12.8. The van der Waals surface area contributed by atoms with Gasteiger partial charge in [-0.1, -0.05) is 6.07 Å². The van der Waals surface area contributed by atoms with Crippen LogP contribution in [0.15, 0.2) is 43.0 Å². The van der Waals surface area contributed by atoms with E-state index in [0.29, 0.717) is 5.69 Å². The van der Waals surface area contributed by atoms with Crippen LogP contribution in [0.1, 0.15) is 0 Å². The molecule has 1 N–H and O–H groups in total. The molecule has 0 aliphatic rings. The van der Waals surface area contributed by atoms with Crippen molar-refractivity contribution in [2.24, 2.45) is 0 Å². The fraction of sp³-hybridized carbons (Fsp3) is 0. The van der Waals surface area contributed by atoms with E-state index in [9.17, 15) is 4.39 Å². The standard InChI is InChI=1S/C10H8FN3/c11-8-2-1-3-9(4-8)14-10-5-12-7-13-6-10/h1-7,14H. The predicted molar refractivity (Wildman–Crippen MR) is 51.7 cm³/mol. The van der Waals surface area contributed by atoms with E-state index in [4.69, 9.17) is 0 Å². The van der Waals surface area contributed by atoms with Gasteiger partial charge in [0.05, 0.1) is 18.1 Å². The average molecular weight is 189 g/mol. The van der Waals surface area contributed by atoms with E-state index in [1.54, 1.807) is 24.5 Å². The number of nitrogens with zero attached hydrogens (tertiary/aromatic N) is 2. The SMILES string of the molecule is Fc1cccc(Nc2cncnc2)c1. The Morgan fingerprint density at radius 3 is 2.57 bits per heavy atom. The lowest BCUT2D eigenvalue weighted by atomic mass is 10.3. The van der Waals surface area contributed by atoms with E-state index >= 15 is 0 Å². The van der Waals surface area contributed by atoms with Crippen molar-refractivity contribution in [2.75, 3.05) is 5.32 Å². The summed E-state index contributed by atoms with van der Waals surface area (Å²) in [6, 6.07) is 6.22. The minimum absolute atomic E-state index is 0.271. The van der Waals surface area contributed by atoms with Crippen LogP contribution < -0.4 is 5.32 Å². The van der Waals surface area contributed by atoms with Crippen LogP contribution in [-0.4, -0.2) is 9.97 Å². The minimum Gasteiger partial charge on any atom is -0.353 e. The summed E-state index contributed by atoms with van der Waals surface area (Å²) in [4.78, 5) is 7.67. The molecule has 1 aromatic carbocycles. The van der Waals surface area contributed by atoms with Crippen LogP contribution in [0.2, 0.25) is 0 Å². The Morgan fingerprint density at radius 2 is 1.86 bits per heavy atom. The van der Waals surface area contributed by atoms with Gasteiger partial charge in [-0.05, 0) is 18.2 Å². The molecular formula is C10H8FN3. The number of halogens is 1. The number of hydrogen-bond donors (Lipinski definition) is 1. The van der Waals surface area contributed by atoms with E-state index in [-0.39, 0.29) is 5.82 Å². The van der Waals surface area contributed by atoms with Gasteiger partial charge in [0, 0.05) is 5.69 Å². The fourth-order valence-electron chi connectivity index (χ4n) is 1.10. The fourth-order valence-corrected chi connectivity index (χ4v) is 1.10. The van der Waals surface area contributed by atoms with Crippen molar-refractivity contribution >= 4 is 11.4 Å². The van der Waals surface area contributed by atoms with Gasteiger partial charge in [0.2, 0.25) is 0 Å². The molecule has 0 aliphatic carbocycles. The average Bonchev–Trinajstić information content (AvgIpc) is 2.19. The van der Waals surface area contributed by atoms with Gasteiger partial charge >= 0.3 is 0 Å². The second kappa shape index (κ2) is 3.83. The Morgan fingerprint density at radius 1 is 1.07 bits per heavy atom. The Hall–Kier alpha value is -1.97. The molecule has 3 nitrogen and oxygen atoms in total. The van der Waals surface area contributed by atoms with Crippen LogP contribution in [0.5, 0.6) is 0 Å². The van der Waals surface area contributed by atoms with Crippen LogP contribution in [0.3, 0.4) is 0 Å². The summed E-state index contributed by atoms with van der Waals surface area (Å²) in [7, 11) is 0. The number of anilines is 2. The molecule has 1 aromatic heterocycles. The summed E-state index contributed by atoms with van der Waals surface area (Å²) in [5.74, 6) is -0.271. The maximum absolute atomic E-state index is 12.8. The van der Waals surface area contributed by atoms with Crippen LogP contribution in [0.4, 0.5) is 15.8 Å². The van der Waals surface area contributed by atoms with Crippen molar-refractivity contribution < 1.29 is 4.39 Å². The quantitative estimate of drug-likeness (QED) is 0.788. The van der Waals surface area contributed by atoms with Crippen molar-refractivity contribution in [3.63, 3.8) is 0 Å². The Kier molecular flexibility index (Phi) is 2.36. The Labute approximate surface area is 80.6 Å². The third kappa shape index (κ3) is 2.04. The molecule has 0 aliphatic heterocycles. The highest BCUT2D eigenvalue weighted by atomic mass is 19.1. The van der Waals surface area contributed by atoms with Gasteiger partial charge in [-0.2, -0.15) is 0 Å². The lowest BCUT2D eigenvalue weighted by Gasteiger charge is -2.04. The summed E-state index contributed by atoms with van der Waals surface area (Å²) in [5.41, 5.74) is 1.41. The topological polar surface area (TPSA) is 37.8 Å². The number of rotatable bonds is 2. The zero-order chi connectivity index (χ0) is 9.80. The molecule has 0 saturated carbocycles. The van der Waals surface area contributed by atoms with E-state index in [1.807, 2.05) is 0 Å². The first kappa shape index (κ1) is 8.62. The molecule has 0 unspecified atom stereocenters. The Balaban J connectivity index is 2.19. The van der Waals surface area contributed by atoms with Gasteiger partial charge in [0.15, 0.2) is 0 Å². The molecule has 0 amide bonds. The number of benzene rings is 1. The summed E-state index contributed by atoms with van der Waals surface area (Å²) >= 11 is 0. The molecule has 70 valence electrons. The highest BCUT2D eigenvalue weighted by Gasteiger charge is 1.95. The van der Waals surface area contributed by atoms with E-state index in [1.165, 1.54) is 18.5 Å². The number of aromatic nitrogens is 2. The molecule has 0 radical (unpaired) electrons. The summed E-state index contributed by atoms with van der Waals surface area (Å²) in [6.45, 7) is 0. The molecule has 14 heavy (non-hydrogen) atoms. The van der Waals surface area contributed by atoms with Gasteiger partial charge < -0.3 is 5.32 Å². The van der Waals surface area contributed by atoms with E-state index < -0.39 is 0 Å². The summed E-state index contributed by atoms with van der Waals surface area (Å²) in [5, 5.41) is 2.98. The van der Waals surface area contributed by atoms with E-state index in [0.717, 1.165) is 5.69 Å². The molecule has 2 rings (SSSR count). The van der Waals surface area contributed by atoms with Crippen molar-refractivity contribution in [2.45, 2.75) is 0 Å². The van der Waals surface area contributed by atoms with Crippen LogP contribution in [0, 0.1) is 5.82 Å². The number of nitrogens with one attached hydrogen (secondary N) is 1. The largest absolute Gasteiger partial charge is 0.353 e. The van der Waals surface area contributed by atoms with Gasteiger partial charge in [-0.25, -0.2) is 14.4 Å². The second-order valence-electron chi connectivity index (χ2n) is 2.76. The Bertz CT molecular complexity index is 417. The molecule has 0 bridgehead atoms. The van der Waals surface area contributed by atoms with Crippen LogP contribution in [-0.2, 0) is 0 Å². The highest BCUT2D eigenvalue weighted by molar-refractivity contribution is 5.57. The predicted octanol–water partition coefficient (Wildman–Crippen LogP) is 2.36. The number of hydrogen-bond acceptors (Lipinski definition) is 3. The molecule has 0 atom stereocenters. The van der Waals surface area contributed by atoms with Gasteiger partial charge in [0.25, 0.3) is 0 Å². The molecule has 0 fully saturated rings. The zero-order valence-corrected chi connectivity index (χ0v) is 7.31. The normalized spacial score (nSPS) is 9.79. The highest BCUT2D eigenvalue weighted by Crippen LogP contribution is 2.14. The smallest absolute Gasteiger partial charge is 0.125 e. The lowest BCUT2D eigenvalue weighted by Crippen LogP contribution is -1.91. The molecular weight excluding hydrogens is 181 g/mol. The molecule has 1 heterocycles. The van der Waals surface area contributed by atoms with Crippen LogP contribution in [0.25, 0.3) is 0 Å². The first-order valence-corrected chi connectivity index (χ1v) is 4.12. The minimum atomic E-state index is -0.271. The third-order valence-electron chi connectivity index (χ3n) is 1.67. The van der Waals surface area contributed by atoms with E-state index in [2.05, 4.69) is 15.3 Å². The first-order valence-electron chi connectivity index (χ1n) is 4.12. The molecule has 4 heteroatoms. The van der Waals surface area contributed by atoms with Crippen LogP contribution >= 0.6 is 0 Å². The van der Waals surface area contributed by atoms with Gasteiger partial charge in [0.1, 0.15) is 12.1 Å². The van der Waals surface area contributed by atoms with Crippen molar-refractivity contribution in [1.29, 1.82) is 0 Å². The van der Waals surface area contributed by atoms with Gasteiger partial charge in [-0.3, -0.25) is 0 Å². The van der Waals surface area contributed by atoms with Crippen molar-refractivity contribution in [3.8, 4) is 0 Å². The lowest BCUT2D eigenvalue weighted by molar-refractivity contribution is 0.628. The molecule has 0 spiro atoms. The first-order chi connectivity index (χ1) is 6.84. The zero-order valence-electron chi connectivity index (χ0n) is 7.31. The maximum Gasteiger partial charge on any atom is 0.125 e. The van der Waals surface area contributed by atoms with Gasteiger partial charge in [-0.15, -0.1) is 0 Å². The molecule has 2 aromatic rings. The summed E-state index contributed by atoms with van der Waals surface area (Å²) < 4.78 is 12.8. The monoisotopic (exact) mass is 189 g/mol. The van der Waals surface area contributed by atoms with Crippen molar-refractivity contribution in [1.82, 2.24) is 9.97 Å². The third-order valence-corrected chi connectivity index (χ3v) is 1.67. The summed E-state index contributed by atoms with van der Waals surface area (Å²) in [6.07, 6.45) is 4.69. The second-order valence-corrected chi connectivity index (χ2v) is 2.76.